The average molecular weight is 304 g/mol. The molecule has 0 N–H and O–H groups in total. The van der Waals surface area contributed by atoms with Crippen molar-refractivity contribution in [2.45, 2.75) is 51.6 Å². The van der Waals surface area contributed by atoms with E-state index in [1.54, 1.807) is 0 Å². The van der Waals surface area contributed by atoms with Gasteiger partial charge in [-0.15, -0.1) is 0 Å². The molecular formula is C14H18F2O5. The third-order valence-electron chi connectivity index (χ3n) is 3.07. The van der Waals surface area contributed by atoms with Gasteiger partial charge < -0.3 is 18.6 Å². The molecule has 1 aromatic heterocycles. The minimum Gasteiger partial charge on any atom is -0.463 e. The van der Waals surface area contributed by atoms with E-state index in [4.69, 9.17) is 13.9 Å². The summed E-state index contributed by atoms with van der Waals surface area (Å²) in [5.41, 5.74) is -0.669. The highest BCUT2D eigenvalue weighted by Crippen LogP contribution is 2.22. The van der Waals surface area contributed by atoms with Crippen molar-refractivity contribution in [2.75, 3.05) is 6.61 Å². The Morgan fingerprint density at radius 3 is 2.86 bits per heavy atom. The summed E-state index contributed by atoms with van der Waals surface area (Å²) in [6.07, 6.45) is -0.538. The molecule has 1 aliphatic heterocycles. The lowest BCUT2D eigenvalue weighted by molar-refractivity contribution is -0.179. The van der Waals surface area contributed by atoms with Gasteiger partial charge in [0.25, 0.3) is 0 Å². The molecule has 0 aromatic carbocycles. The van der Waals surface area contributed by atoms with Crippen molar-refractivity contribution >= 4 is 0 Å². The molecule has 0 aliphatic carbocycles. The summed E-state index contributed by atoms with van der Waals surface area (Å²) in [7, 11) is 0. The summed E-state index contributed by atoms with van der Waals surface area (Å²) in [5, 5.41) is 0. The normalized spacial score (nSPS) is 19.5. The van der Waals surface area contributed by atoms with E-state index in [9.17, 15) is 13.6 Å². The molecule has 1 aromatic rings. The van der Waals surface area contributed by atoms with Gasteiger partial charge in [-0.05, 0) is 19.3 Å². The summed E-state index contributed by atoms with van der Waals surface area (Å²) in [5.74, 6) is -0.277. The fraction of sp³-hybridized carbons (Fsp3) is 0.643. The Morgan fingerprint density at radius 1 is 1.43 bits per heavy atom. The van der Waals surface area contributed by atoms with Crippen molar-refractivity contribution in [1.82, 2.24) is 0 Å². The molecule has 0 saturated carbocycles. The van der Waals surface area contributed by atoms with Crippen LogP contribution in [0.25, 0.3) is 0 Å². The maximum Gasteiger partial charge on any atom is 0.397 e. The van der Waals surface area contributed by atoms with E-state index in [2.05, 4.69) is 4.74 Å². The molecule has 1 saturated heterocycles. The monoisotopic (exact) mass is 304 g/mol. The van der Waals surface area contributed by atoms with Gasteiger partial charge in [-0.1, -0.05) is 6.92 Å². The maximum absolute atomic E-state index is 13.1. The summed E-state index contributed by atoms with van der Waals surface area (Å²) >= 11 is 0. The van der Waals surface area contributed by atoms with Gasteiger partial charge in [0.15, 0.2) is 6.29 Å². The van der Waals surface area contributed by atoms with E-state index in [0.717, 1.165) is 31.6 Å². The van der Waals surface area contributed by atoms with Gasteiger partial charge in [0.1, 0.15) is 18.6 Å². The molecule has 1 atom stereocenters. The Hall–Kier alpha value is -1.47. The third kappa shape index (κ3) is 4.78. The van der Waals surface area contributed by atoms with Crippen LogP contribution in [0.4, 0.5) is 8.78 Å². The Balaban J connectivity index is 1.93. The van der Waals surface area contributed by atoms with Gasteiger partial charge in [-0.3, -0.25) is 4.79 Å². The molecule has 118 valence electrons. The van der Waals surface area contributed by atoms with Crippen molar-refractivity contribution in [1.29, 1.82) is 0 Å². The lowest BCUT2D eigenvalue weighted by Crippen LogP contribution is -2.26. The zero-order chi connectivity index (χ0) is 15.3. The Labute approximate surface area is 120 Å². The van der Waals surface area contributed by atoms with Crippen LogP contribution in [0.3, 0.4) is 0 Å². The molecule has 2 heterocycles. The average Bonchev–Trinajstić information content (AvgIpc) is 2.49. The zero-order valence-electron chi connectivity index (χ0n) is 11.8. The third-order valence-corrected chi connectivity index (χ3v) is 3.07. The first kappa shape index (κ1) is 15.9. The van der Waals surface area contributed by atoms with Crippen LogP contribution in [0, 0.1) is 0 Å². The lowest BCUT2D eigenvalue weighted by atomic mass is 10.2. The van der Waals surface area contributed by atoms with E-state index in [1.807, 2.05) is 0 Å². The first-order chi connectivity index (χ1) is 10.00. The molecule has 2 rings (SSSR count). The van der Waals surface area contributed by atoms with Crippen LogP contribution < -0.4 is 10.2 Å². The molecule has 0 spiro atoms. The second-order valence-corrected chi connectivity index (χ2v) is 4.77. The van der Waals surface area contributed by atoms with Crippen molar-refractivity contribution in [3.63, 3.8) is 0 Å². The van der Waals surface area contributed by atoms with Crippen LogP contribution in [0.2, 0.25) is 0 Å². The standard InChI is InChI=1S/C14H18F2O5/c1-2-14(15,16)21-12-9-19-10(7-11(12)17)8-20-13-5-3-4-6-18-13/h7,9,13H,2-6,8H2,1H3. The molecule has 21 heavy (non-hydrogen) atoms. The Bertz CT molecular complexity index is 508. The summed E-state index contributed by atoms with van der Waals surface area (Å²) in [4.78, 5) is 11.7. The number of hydrogen-bond donors (Lipinski definition) is 0. The first-order valence-electron chi connectivity index (χ1n) is 6.92. The molecule has 1 unspecified atom stereocenters. The number of hydrogen-bond acceptors (Lipinski definition) is 5. The second-order valence-electron chi connectivity index (χ2n) is 4.77. The van der Waals surface area contributed by atoms with E-state index >= 15 is 0 Å². The molecule has 0 radical (unpaired) electrons. The van der Waals surface area contributed by atoms with Gasteiger partial charge >= 0.3 is 6.11 Å². The predicted molar refractivity (Wildman–Crippen MR) is 69.2 cm³/mol. The van der Waals surface area contributed by atoms with E-state index < -0.39 is 23.7 Å². The van der Waals surface area contributed by atoms with E-state index in [-0.39, 0.29) is 18.7 Å². The van der Waals surface area contributed by atoms with Crippen LogP contribution in [-0.2, 0) is 16.1 Å². The summed E-state index contributed by atoms with van der Waals surface area (Å²) in [6, 6.07) is 1.09. The van der Waals surface area contributed by atoms with Gasteiger partial charge in [0.05, 0.1) is 0 Å². The fourth-order valence-electron chi connectivity index (χ4n) is 1.84. The molecule has 0 bridgehead atoms. The number of ether oxygens (including phenoxy) is 3. The fourth-order valence-corrected chi connectivity index (χ4v) is 1.84. The topological polar surface area (TPSA) is 57.9 Å². The second kappa shape index (κ2) is 7.00. The van der Waals surface area contributed by atoms with Crippen molar-refractivity contribution in [3.05, 3.63) is 28.3 Å². The molecule has 5 nitrogen and oxygen atoms in total. The molecule has 7 heteroatoms. The van der Waals surface area contributed by atoms with Gasteiger partial charge in [0.2, 0.25) is 11.2 Å². The molecular weight excluding hydrogens is 286 g/mol. The SMILES string of the molecule is CCC(F)(F)Oc1coc(COC2CCCCO2)cc1=O. The molecule has 1 aliphatic rings. The van der Waals surface area contributed by atoms with Gasteiger partial charge in [0, 0.05) is 19.1 Å². The summed E-state index contributed by atoms with van der Waals surface area (Å²) in [6.45, 7) is 1.95. The van der Waals surface area contributed by atoms with Crippen molar-refractivity contribution in [3.8, 4) is 5.75 Å². The van der Waals surface area contributed by atoms with Crippen molar-refractivity contribution < 1.29 is 27.4 Å². The number of alkyl halides is 2. The quantitative estimate of drug-likeness (QED) is 0.808. The van der Waals surface area contributed by atoms with Crippen molar-refractivity contribution in [2.24, 2.45) is 0 Å². The van der Waals surface area contributed by atoms with Crippen LogP contribution in [0.15, 0.2) is 21.5 Å². The van der Waals surface area contributed by atoms with E-state index in [1.165, 1.54) is 6.92 Å². The largest absolute Gasteiger partial charge is 0.463 e. The Morgan fingerprint density at radius 2 is 2.24 bits per heavy atom. The van der Waals surface area contributed by atoms with Gasteiger partial charge in [-0.2, -0.15) is 8.78 Å². The number of halogens is 2. The van der Waals surface area contributed by atoms with Gasteiger partial charge in [-0.25, -0.2) is 0 Å². The summed E-state index contributed by atoms with van der Waals surface area (Å²) < 4.78 is 46.4. The highest BCUT2D eigenvalue weighted by atomic mass is 19.3. The number of rotatable bonds is 6. The maximum atomic E-state index is 13.1. The van der Waals surface area contributed by atoms with Crippen LogP contribution in [-0.4, -0.2) is 19.0 Å². The van der Waals surface area contributed by atoms with Crippen LogP contribution in [0.1, 0.15) is 38.4 Å². The predicted octanol–water partition coefficient (Wildman–Crippen LogP) is 3.06. The smallest absolute Gasteiger partial charge is 0.397 e. The first-order valence-corrected chi connectivity index (χ1v) is 6.92. The minimum absolute atomic E-state index is 0.0460. The van der Waals surface area contributed by atoms with Crippen LogP contribution >= 0.6 is 0 Å². The minimum atomic E-state index is -3.39. The van der Waals surface area contributed by atoms with E-state index in [0.29, 0.717) is 6.61 Å². The zero-order valence-corrected chi connectivity index (χ0v) is 11.8. The highest BCUT2D eigenvalue weighted by molar-refractivity contribution is 5.17. The Kier molecular flexibility index (Phi) is 5.30. The molecule has 0 amide bonds. The lowest BCUT2D eigenvalue weighted by Gasteiger charge is -2.22. The highest BCUT2D eigenvalue weighted by Gasteiger charge is 2.30. The molecule has 1 fully saturated rings. The van der Waals surface area contributed by atoms with Crippen LogP contribution in [0.5, 0.6) is 5.75 Å².